The van der Waals surface area contributed by atoms with E-state index in [9.17, 15) is 4.79 Å². The van der Waals surface area contributed by atoms with E-state index < -0.39 is 11.7 Å². The fraction of sp³-hybridized carbons (Fsp3) is 0.233. The predicted octanol–water partition coefficient (Wildman–Crippen LogP) is 5.80. The van der Waals surface area contributed by atoms with Crippen LogP contribution in [-0.2, 0) is 13.0 Å². The van der Waals surface area contributed by atoms with Crippen LogP contribution in [0, 0.1) is 5.82 Å². The summed E-state index contributed by atoms with van der Waals surface area (Å²) < 4.78 is 19.5. The van der Waals surface area contributed by atoms with Gasteiger partial charge >= 0.3 is 0 Å². The van der Waals surface area contributed by atoms with Gasteiger partial charge in [-0.15, -0.1) is 0 Å². The number of carbonyl (C=O) groups is 1. The standard InChI is InChI=1S/C30H26FN7O/c31-24-13-22(20-5-4-11-32-15-20)27(37-17-26(34-18-37)19-9-10-19)14-23(24)30(39)36-28-8-3-7-25(35-28)29-33-16-21-6-1-2-12-38(21)29/h3-5,7-8,11,13-19H,1-2,6,9-10,12H2,(H,35,36,39). The van der Waals surface area contributed by atoms with Crippen molar-refractivity contribution in [3.05, 3.63) is 96.3 Å². The predicted molar refractivity (Wildman–Crippen MR) is 145 cm³/mol. The fourth-order valence-corrected chi connectivity index (χ4v) is 5.22. The summed E-state index contributed by atoms with van der Waals surface area (Å²) in [4.78, 5) is 31.3. The molecule has 1 fully saturated rings. The lowest BCUT2D eigenvalue weighted by Crippen LogP contribution is -2.16. The Hall–Kier alpha value is -4.66. The highest BCUT2D eigenvalue weighted by molar-refractivity contribution is 6.05. The van der Waals surface area contributed by atoms with Crippen molar-refractivity contribution in [2.45, 2.75) is 44.6 Å². The molecule has 0 bridgehead atoms. The van der Waals surface area contributed by atoms with Gasteiger partial charge in [0, 0.05) is 54.1 Å². The van der Waals surface area contributed by atoms with E-state index in [1.165, 1.54) is 11.8 Å². The Kier molecular flexibility index (Phi) is 5.76. The Morgan fingerprint density at radius 3 is 2.82 bits per heavy atom. The van der Waals surface area contributed by atoms with Crippen LogP contribution in [0.1, 0.15) is 53.3 Å². The number of amides is 1. The van der Waals surface area contributed by atoms with Gasteiger partial charge in [-0.1, -0.05) is 12.1 Å². The summed E-state index contributed by atoms with van der Waals surface area (Å²) in [6, 6.07) is 12.0. The normalized spacial score (nSPS) is 14.7. The molecule has 0 saturated heterocycles. The smallest absolute Gasteiger partial charge is 0.259 e. The number of anilines is 1. The molecule has 0 spiro atoms. The Labute approximate surface area is 224 Å². The third-order valence-corrected chi connectivity index (χ3v) is 7.40. The van der Waals surface area contributed by atoms with Crippen LogP contribution in [-0.4, -0.2) is 35.0 Å². The number of hydrogen-bond acceptors (Lipinski definition) is 5. The van der Waals surface area contributed by atoms with Crippen molar-refractivity contribution in [2.75, 3.05) is 5.32 Å². The number of pyridine rings is 2. The maximum absolute atomic E-state index is 15.5. The zero-order valence-electron chi connectivity index (χ0n) is 21.2. The van der Waals surface area contributed by atoms with Crippen molar-refractivity contribution in [1.29, 1.82) is 0 Å². The number of rotatable bonds is 6. The summed E-state index contributed by atoms with van der Waals surface area (Å²) in [7, 11) is 0. The molecule has 1 aromatic carbocycles. The quantitative estimate of drug-likeness (QED) is 0.306. The van der Waals surface area contributed by atoms with E-state index in [1.807, 2.05) is 35.2 Å². The Morgan fingerprint density at radius 1 is 1.05 bits per heavy atom. The van der Waals surface area contributed by atoms with Gasteiger partial charge in [0.2, 0.25) is 0 Å². The van der Waals surface area contributed by atoms with Crippen molar-refractivity contribution in [3.8, 4) is 28.3 Å². The molecule has 4 aromatic heterocycles. The second-order valence-electron chi connectivity index (χ2n) is 10.1. The van der Waals surface area contributed by atoms with Crippen LogP contribution in [0.4, 0.5) is 10.2 Å². The van der Waals surface area contributed by atoms with E-state index in [0.717, 1.165) is 55.7 Å². The number of aromatic nitrogens is 6. The van der Waals surface area contributed by atoms with E-state index in [2.05, 4.69) is 29.8 Å². The van der Waals surface area contributed by atoms with Gasteiger partial charge in [0.1, 0.15) is 17.3 Å². The minimum Gasteiger partial charge on any atom is -0.327 e. The molecule has 5 aromatic rings. The minimum atomic E-state index is -0.629. The number of imidazole rings is 2. The van der Waals surface area contributed by atoms with E-state index in [4.69, 9.17) is 0 Å². The average Bonchev–Trinajstić information content (AvgIpc) is 3.54. The van der Waals surface area contributed by atoms with Crippen LogP contribution in [0.2, 0.25) is 0 Å². The van der Waals surface area contributed by atoms with Crippen LogP contribution in [0.25, 0.3) is 28.3 Å². The maximum Gasteiger partial charge on any atom is 0.259 e. The first-order valence-corrected chi connectivity index (χ1v) is 13.3. The zero-order chi connectivity index (χ0) is 26.3. The molecular formula is C30H26FN7O. The van der Waals surface area contributed by atoms with Crippen LogP contribution >= 0.6 is 0 Å². The minimum absolute atomic E-state index is 0.0790. The molecule has 39 heavy (non-hydrogen) atoms. The summed E-state index contributed by atoms with van der Waals surface area (Å²) in [5, 5.41) is 2.79. The second-order valence-corrected chi connectivity index (χ2v) is 10.1. The van der Waals surface area contributed by atoms with Crippen molar-refractivity contribution in [1.82, 2.24) is 29.1 Å². The lowest BCUT2D eigenvalue weighted by molar-refractivity contribution is 0.102. The number of halogens is 1. The number of nitrogens with zero attached hydrogens (tertiary/aromatic N) is 6. The van der Waals surface area contributed by atoms with Gasteiger partial charge in [-0.3, -0.25) is 9.78 Å². The average molecular weight is 520 g/mol. The topological polar surface area (TPSA) is 90.5 Å². The number of nitrogens with one attached hydrogen (secondary N) is 1. The molecule has 1 saturated carbocycles. The SMILES string of the molecule is O=C(Nc1cccc(-c2ncc3n2CCCC3)n1)c1cc(-n2cnc(C3CC3)c2)c(-c2cccnc2)cc1F. The van der Waals surface area contributed by atoms with E-state index in [-0.39, 0.29) is 5.56 Å². The number of fused-ring (bicyclic) bond motifs is 1. The van der Waals surface area contributed by atoms with Crippen LogP contribution < -0.4 is 5.32 Å². The Morgan fingerprint density at radius 2 is 1.97 bits per heavy atom. The van der Waals surface area contributed by atoms with Gasteiger partial charge in [0.15, 0.2) is 5.82 Å². The highest BCUT2D eigenvalue weighted by Crippen LogP contribution is 2.39. The summed E-state index contributed by atoms with van der Waals surface area (Å²) in [5.74, 6) is 0.374. The third kappa shape index (κ3) is 4.50. The molecule has 0 radical (unpaired) electrons. The first-order chi connectivity index (χ1) is 19.1. The first-order valence-electron chi connectivity index (χ1n) is 13.3. The van der Waals surface area contributed by atoms with E-state index >= 15 is 4.39 Å². The van der Waals surface area contributed by atoms with Crippen LogP contribution in [0.3, 0.4) is 0 Å². The van der Waals surface area contributed by atoms with E-state index in [0.29, 0.717) is 28.7 Å². The monoisotopic (exact) mass is 519 g/mol. The highest BCUT2D eigenvalue weighted by Gasteiger charge is 2.27. The van der Waals surface area contributed by atoms with Gasteiger partial charge in [-0.2, -0.15) is 0 Å². The number of aryl methyl sites for hydroxylation is 1. The molecule has 1 aliphatic heterocycles. The lowest BCUT2D eigenvalue weighted by atomic mass is 10.0. The van der Waals surface area contributed by atoms with E-state index in [1.54, 1.807) is 36.9 Å². The molecular weight excluding hydrogens is 493 g/mol. The Bertz CT molecular complexity index is 1690. The van der Waals surface area contributed by atoms with Crippen LogP contribution in [0.5, 0.6) is 0 Å². The number of hydrogen-bond donors (Lipinski definition) is 1. The molecule has 1 aliphatic carbocycles. The van der Waals surface area contributed by atoms with Crippen LogP contribution in [0.15, 0.2) is 73.6 Å². The van der Waals surface area contributed by atoms with Gasteiger partial charge in [0.25, 0.3) is 5.91 Å². The van der Waals surface area contributed by atoms with Crippen molar-refractivity contribution in [3.63, 3.8) is 0 Å². The van der Waals surface area contributed by atoms with Gasteiger partial charge in [0.05, 0.1) is 23.3 Å². The van der Waals surface area contributed by atoms with Gasteiger partial charge < -0.3 is 14.5 Å². The molecule has 194 valence electrons. The van der Waals surface area contributed by atoms with Gasteiger partial charge in [-0.25, -0.2) is 19.3 Å². The molecule has 0 unspecified atom stereocenters. The first kappa shape index (κ1) is 23.5. The lowest BCUT2D eigenvalue weighted by Gasteiger charge is -2.16. The molecule has 1 amide bonds. The molecule has 2 aliphatic rings. The molecule has 9 heteroatoms. The summed E-state index contributed by atoms with van der Waals surface area (Å²) in [6.07, 6.45) is 14.4. The maximum atomic E-state index is 15.5. The summed E-state index contributed by atoms with van der Waals surface area (Å²) in [6.45, 7) is 0.900. The molecule has 7 rings (SSSR count). The Balaban J connectivity index is 1.23. The zero-order valence-corrected chi connectivity index (χ0v) is 21.2. The molecule has 5 heterocycles. The van der Waals surface area contributed by atoms with Gasteiger partial charge in [-0.05, 0) is 62.4 Å². The molecule has 0 atom stereocenters. The van der Waals surface area contributed by atoms with Crippen molar-refractivity contribution in [2.24, 2.45) is 0 Å². The largest absolute Gasteiger partial charge is 0.327 e. The summed E-state index contributed by atoms with van der Waals surface area (Å²) in [5.41, 5.74) is 4.81. The number of carbonyl (C=O) groups excluding carboxylic acids is 1. The third-order valence-electron chi connectivity index (χ3n) is 7.40. The molecule has 1 N–H and O–H groups in total. The second kappa shape index (κ2) is 9.58. The fourth-order valence-electron chi connectivity index (χ4n) is 5.22. The summed E-state index contributed by atoms with van der Waals surface area (Å²) >= 11 is 0. The van der Waals surface area contributed by atoms with Crippen molar-refractivity contribution < 1.29 is 9.18 Å². The molecule has 8 nitrogen and oxygen atoms in total. The van der Waals surface area contributed by atoms with Crippen molar-refractivity contribution >= 4 is 11.7 Å². The highest BCUT2D eigenvalue weighted by atomic mass is 19.1. The number of benzene rings is 1.